The van der Waals surface area contributed by atoms with Gasteiger partial charge in [-0.25, -0.2) is 8.78 Å². The van der Waals surface area contributed by atoms with Gasteiger partial charge < -0.3 is 4.74 Å². The normalized spacial score (nSPS) is 10.3. The first-order valence-electron chi connectivity index (χ1n) is 5.47. The molecule has 4 nitrogen and oxygen atoms in total. The van der Waals surface area contributed by atoms with Gasteiger partial charge in [0.25, 0.3) is 5.69 Å². The number of rotatable bonds is 4. The van der Waals surface area contributed by atoms with E-state index < -0.39 is 16.6 Å². The Balaban J connectivity index is 2.29. The van der Waals surface area contributed by atoms with Crippen LogP contribution in [-0.4, -0.2) is 4.92 Å². The second-order valence-electron chi connectivity index (χ2n) is 3.86. The second kappa shape index (κ2) is 5.96. The molecule has 0 saturated heterocycles. The Bertz CT molecular complexity index is 664. The van der Waals surface area contributed by atoms with Gasteiger partial charge in [0.05, 0.1) is 4.92 Å². The van der Waals surface area contributed by atoms with Gasteiger partial charge in [-0.3, -0.25) is 10.1 Å². The van der Waals surface area contributed by atoms with Crippen LogP contribution >= 0.6 is 15.9 Å². The lowest BCUT2D eigenvalue weighted by Gasteiger charge is -2.07. The van der Waals surface area contributed by atoms with Crippen molar-refractivity contribution >= 4 is 21.6 Å². The predicted molar refractivity (Wildman–Crippen MR) is 72.2 cm³/mol. The van der Waals surface area contributed by atoms with Crippen molar-refractivity contribution in [3.63, 3.8) is 0 Å². The van der Waals surface area contributed by atoms with Crippen LogP contribution in [0.2, 0.25) is 0 Å². The Morgan fingerprint density at radius 2 is 1.75 bits per heavy atom. The number of hydrogen-bond donors (Lipinski definition) is 0. The van der Waals surface area contributed by atoms with Gasteiger partial charge in [0.1, 0.15) is 11.5 Å². The molecule has 0 fully saturated rings. The maximum atomic E-state index is 13.0. The molecule has 0 saturated carbocycles. The van der Waals surface area contributed by atoms with Crippen LogP contribution in [-0.2, 0) is 5.33 Å². The van der Waals surface area contributed by atoms with Gasteiger partial charge in [-0.2, -0.15) is 0 Å². The summed E-state index contributed by atoms with van der Waals surface area (Å²) < 4.78 is 31.2. The quantitative estimate of drug-likeness (QED) is 0.464. The van der Waals surface area contributed by atoms with Gasteiger partial charge in [0, 0.05) is 23.0 Å². The molecule has 7 heteroatoms. The fourth-order valence-corrected chi connectivity index (χ4v) is 2.04. The van der Waals surface area contributed by atoms with Crippen molar-refractivity contribution in [2.45, 2.75) is 5.33 Å². The van der Waals surface area contributed by atoms with Gasteiger partial charge in [0.15, 0.2) is 11.6 Å². The van der Waals surface area contributed by atoms with Crippen LogP contribution in [0.25, 0.3) is 0 Å². The fraction of sp³-hybridized carbons (Fsp3) is 0.0769. The van der Waals surface area contributed by atoms with Gasteiger partial charge in [-0.05, 0) is 24.3 Å². The molecular weight excluding hydrogens is 336 g/mol. The zero-order valence-corrected chi connectivity index (χ0v) is 11.6. The summed E-state index contributed by atoms with van der Waals surface area (Å²) in [6.45, 7) is 0. The highest BCUT2D eigenvalue weighted by molar-refractivity contribution is 9.08. The molecule has 0 unspecified atom stereocenters. The minimum Gasteiger partial charge on any atom is -0.457 e. The van der Waals surface area contributed by atoms with Gasteiger partial charge >= 0.3 is 0 Å². The Labute approximate surface area is 121 Å². The van der Waals surface area contributed by atoms with Crippen LogP contribution in [0.3, 0.4) is 0 Å². The summed E-state index contributed by atoms with van der Waals surface area (Å²) >= 11 is 3.15. The molecular formula is C13H8BrF2NO3. The van der Waals surface area contributed by atoms with Crippen LogP contribution < -0.4 is 4.74 Å². The minimum atomic E-state index is -1.02. The summed E-state index contributed by atoms with van der Waals surface area (Å²) in [5.41, 5.74) is 0.384. The molecule has 20 heavy (non-hydrogen) atoms. The standard InChI is InChI=1S/C13H8BrF2NO3/c14-7-8-5-9(2-4-13(8)17(18)19)20-10-1-3-11(15)12(16)6-10/h1-6H,7H2. The summed E-state index contributed by atoms with van der Waals surface area (Å²) in [4.78, 5) is 10.3. The van der Waals surface area contributed by atoms with Crippen molar-refractivity contribution in [3.8, 4) is 11.5 Å². The Kier molecular flexibility index (Phi) is 4.29. The van der Waals surface area contributed by atoms with Crippen molar-refractivity contribution in [1.29, 1.82) is 0 Å². The van der Waals surface area contributed by atoms with E-state index in [9.17, 15) is 18.9 Å². The van der Waals surface area contributed by atoms with E-state index in [0.717, 1.165) is 12.1 Å². The van der Waals surface area contributed by atoms with E-state index in [2.05, 4.69) is 15.9 Å². The van der Waals surface area contributed by atoms with Crippen LogP contribution in [0, 0.1) is 21.7 Å². The third-order valence-electron chi connectivity index (χ3n) is 2.52. The molecule has 0 N–H and O–H groups in total. The second-order valence-corrected chi connectivity index (χ2v) is 4.42. The first kappa shape index (κ1) is 14.4. The van der Waals surface area contributed by atoms with Crippen molar-refractivity contribution in [1.82, 2.24) is 0 Å². The number of alkyl halides is 1. The van der Waals surface area contributed by atoms with Crippen molar-refractivity contribution < 1.29 is 18.4 Å². The van der Waals surface area contributed by atoms with Crippen molar-refractivity contribution in [3.05, 3.63) is 63.7 Å². The zero-order valence-electron chi connectivity index (χ0n) is 9.98. The largest absolute Gasteiger partial charge is 0.457 e. The van der Waals surface area contributed by atoms with Crippen LogP contribution in [0.5, 0.6) is 11.5 Å². The van der Waals surface area contributed by atoms with E-state index in [1.807, 2.05) is 0 Å². The Morgan fingerprint density at radius 1 is 1.10 bits per heavy atom. The zero-order chi connectivity index (χ0) is 14.7. The SMILES string of the molecule is O=[N+]([O-])c1ccc(Oc2ccc(F)c(F)c2)cc1CBr. The molecule has 2 aromatic carbocycles. The third kappa shape index (κ3) is 3.11. The maximum absolute atomic E-state index is 13.0. The molecule has 0 aliphatic heterocycles. The Hall–Kier alpha value is -2.02. The van der Waals surface area contributed by atoms with Gasteiger partial charge in [0.2, 0.25) is 0 Å². The number of hydrogen-bond acceptors (Lipinski definition) is 3. The predicted octanol–water partition coefficient (Wildman–Crippen LogP) is 4.56. The molecule has 2 aromatic rings. The maximum Gasteiger partial charge on any atom is 0.273 e. The van der Waals surface area contributed by atoms with Crippen LogP contribution in [0.1, 0.15) is 5.56 Å². The van der Waals surface area contributed by atoms with Gasteiger partial charge in [-0.1, -0.05) is 15.9 Å². The minimum absolute atomic E-state index is 0.0421. The number of benzene rings is 2. The van der Waals surface area contributed by atoms with Crippen LogP contribution in [0.4, 0.5) is 14.5 Å². The summed E-state index contributed by atoms with van der Waals surface area (Å²) in [6, 6.07) is 7.28. The highest BCUT2D eigenvalue weighted by atomic mass is 79.9. The fourth-order valence-electron chi connectivity index (χ4n) is 1.59. The molecule has 2 rings (SSSR count). The lowest BCUT2D eigenvalue weighted by Crippen LogP contribution is -1.94. The summed E-state index contributed by atoms with van der Waals surface area (Å²) in [6.07, 6.45) is 0. The molecule has 0 aliphatic rings. The van der Waals surface area contributed by atoms with E-state index in [1.54, 1.807) is 0 Å². The van der Waals surface area contributed by atoms with E-state index in [1.165, 1.54) is 24.3 Å². The average Bonchev–Trinajstić information content (AvgIpc) is 2.42. The third-order valence-corrected chi connectivity index (χ3v) is 3.12. The Morgan fingerprint density at radius 3 is 2.35 bits per heavy atom. The molecule has 0 aliphatic carbocycles. The molecule has 0 heterocycles. The number of ether oxygens (including phenoxy) is 1. The highest BCUT2D eigenvalue weighted by Crippen LogP contribution is 2.29. The van der Waals surface area contributed by atoms with Crippen molar-refractivity contribution in [2.75, 3.05) is 0 Å². The first-order valence-corrected chi connectivity index (χ1v) is 6.59. The number of nitro groups is 1. The lowest BCUT2D eigenvalue weighted by molar-refractivity contribution is -0.385. The van der Waals surface area contributed by atoms with E-state index in [4.69, 9.17) is 4.74 Å². The van der Waals surface area contributed by atoms with Crippen molar-refractivity contribution in [2.24, 2.45) is 0 Å². The average molecular weight is 344 g/mol. The van der Waals surface area contributed by atoms with E-state index in [-0.39, 0.29) is 16.8 Å². The highest BCUT2D eigenvalue weighted by Gasteiger charge is 2.14. The molecule has 0 radical (unpaired) electrons. The monoisotopic (exact) mass is 343 g/mol. The summed E-state index contributed by atoms with van der Waals surface area (Å²) in [5, 5.41) is 11.1. The smallest absolute Gasteiger partial charge is 0.273 e. The number of nitrogens with zero attached hydrogens (tertiary/aromatic N) is 1. The molecule has 0 aromatic heterocycles. The van der Waals surface area contributed by atoms with Crippen LogP contribution in [0.15, 0.2) is 36.4 Å². The van der Waals surface area contributed by atoms with E-state index in [0.29, 0.717) is 11.3 Å². The van der Waals surface area contributed by atoms with Gasteiger partial charge in [-0.15, -0.1) is 0 Å². The number of nitro benzene ring substituents is 1. The lowest BCUT2D eigenvalue weighted by atomic mass is 10.2. The van der Waals surface area contributed by atoms with E-state index >= 15 is 0 Å². The number of halogens is 3. The molecule has 104 valence electrons. The molecule has 0 amide bonds. The molecule has 0 atom stereocenters. The molecule has 0 spiro atoms. The topological polar surface area (TPSA) is 52.4 Å². The first-order chi connectivity index (χ1) is 9.51. The summed E-state index contributed by atoms with van der Waals surface area (Å²) in [5.74, 6) is -1.58. The summed E-state index contributed by atoms with van der Waals surface area (Å²) in [7, 11) is 0. The molecule has 0 bridgehead atoms.